The normalized spacial score (nSPS) is 16.1. The highest BCUT2D eigenvalue weighted by Gasteiger charge is 2.29. The number of para-hydroxylation sites is 1. The minimum Gasteiger partial charge on any atom is -0.495 e. The van der Waals surface area contributed by atoms with Gasteiger partial charge in [0, 0.05) is 10.7 Å². The second-order valence-electron chi connectivity index (χ2n) is 6.04. The maximum Gasteiger partial charge on any atom is 0.252 e. The number of carbonyl (C=O) groups excluding carboxylic acids is 2. The summed E-state index contributed by atoms with van der Waals surface area (Å²) >= 11 is 5.95. The minimum atomic E-state index is -0.913. The molecule has 0 spiro atoms. The number of carbonyl (C=O) groups is 2. The average molecular weight is 415 g/mol. The summed E-state index contributed by atoms with van der Waals surface area (Å²) in [5, 5.41) is 8.49. The summed E-state index contributed by atoms with van der Waals surface area (Å²) in [6.45, 7) is 0. The molecule has 0 aromatic heterocycles. The monoisotopic (exact) mass is 414 g/mol. The van der Waals surface area contributed by atoms with E-state index in [1.807, 2.05) is 30.3 Å². The summed E-state index contributed by atoms with van der Waals surface area (Å²) in [5.74, 6) is -0.315. The van der Waals surface area contributed by atoms with Crippen molar-refractivity contribution in [2.45, 2.75) is 12.5 Å². The largest absolute Gasteiger partial charge is 0.495 e. The number of anilines is 2. The number of rotatable bonds is 5. The zero-order chi connectivity index (χ0) is 20.8. The molecule has 1 aliphatic heterocycles. The van der Waals surface area contributed by atoms with E-state index in [4.69, 9.17) is 22.1 Å². The molecule has 2 amide bonds. The summed E-state index contributed by atoms with van der Waals surface area (Å²) in [5.41, 5.74) is 6.97. The van der Waals surface area contributed by atoms with Gasteiger partial charge in [-0.15, -0.1) is 0 Å². The molecule has 9 nitrogen and oxygen atoms in total. The Labute approximate surface area is 172 Å². The topological polar surface area (TPSA) is 130 Å². The van der Waals surface area contributed by atoms with Crippen molar-refractivity contribution < 1.29 is 14.3 Å². The SMILES string of the molecule is COc1ccc(Cl)cc1NC(=O)C[C@@H]1N=C(N=C(N)Nc2ccccc2)NC1=O. The fourth-order valence-corrected chi connectivity index (χ4v) is 2.77. The van der Waals surface area contributed by atoms with Gasteiger partial charge in [-0.05, 0) is 30.3 Å². The summed E-state index contributed by atoms with van der Waals surface area (Å²) < 4.78 is 5.18. The van der Waals surface area contributed by atoms with E-state index >= 15 is 0 Å². The molecule has 0 fully saturated rings. The number of hydrogen-bond acceptors (Lipinski definition) is 5. The van der Waals surface area contributed by atoms with Crippen molar-refractivity contribution in [1.29, 1.82) is 0 Å². The lowest BCUT2D eigenvalue weighted by Gasteiger charge is -2.11. The van der Waals surface area contributed by atoms with Gasteiger partial charge in [0.25, 0.3) is 5.91 Å². The predicted octanol–water partition coefficient (Wildman–Crippen LogP) is 1.96. The Morgan fingerprint density at radius 2 is 2.03 bits per heavy atom. The van der Waals surface area contributed by atoms with Crippen LogP contribution in [0.4, 0.5) is 11.4 Å². The number of hydrogen-bond donors (Lipinski definition) is 4. The maximum absolute atomic E-state index is 12.3. The first kappa shape index (κ1) is 20.2. The molecule has 0 unspecified atom stereocenters. The van der Waals surface area contributed by atoms with Crippen LogP contribution in [0.3, 0.4) is 0 Å². The number of methoxy groups -OCH3 is 1. The molecule has 3 rings (SSSR count). The molecular formula is C19H19ClN6O3. The summed E-state index contributed by atoms with van der Waals surface area (Å²) in [4.78, 5) is 32.6. The van der Waals surface area contributed by atoms with E-state index in [1.54, 1.807) is 18.2 Å². The Hall–Kier alpha value is -3.59. The van der Waals surface area contributed by atoms with E-state index < -0.39 is 17.9 Å². The lowest BCUT2D eigenvalue weighted by Crippen LogP contribution is -2.32. The van der Waals surface area contributed by atoms with Crippen LogP contribution >= 0.6 is 11.6 Å². The molecule has 10 heteroatoms. The van der Waals surface area contributed by atoms with Crippen LogP contribution in [-0.2, 0) is 9.59 Å². The summed E-state index contributed by atoms with van der Waals surface area (Å²) in [6, 6.07) is 13.1. The van der Waals surface area contributed by atoms with Gasteiger partial charge < -0.3 is 21.1 Å². The van der Waals surface area contributed by atoms with Crippen LogP contribution in [0.25, 0.3) is 0 Å². The molecular weight excluding hydrogens is 396 g/mol. The lowest BCUT2D eigenvalue weighted by atomic mass is 10.2. The fraction of sp³-hybridized carbons (Fsp3) is 0.158. The van der Waals surface area contributed by atoms with E-state index in [1.165, 1.54) is 7.11 Å². The number of nitrogens with two attached hydrogens (primary N) is 1. The molecule has 1 atom stereocenters. The van der Waals surface area contributed by atoms with E-state index in [0.717, 1.165) is 5.69 Å². The second-order valence-corrected chi connectivity index (χ2v) is 6.48. The molecule has 1 heterocycles. The third-order valence-electron chi connectivity index (χ3n) is 3.90. The minimum absolute atomic E-state index is 0.0362. The first-order chi connectivity index (χ1) is 13.9. The van der Waals surface area contributed by atoms with Crippen molar-refractivity contribution in [3.05, 3.63) is 53.6 Å². The molecule has 0 aliphatic carbocycles. The van der Waals surface area contributed by atoms with Crippen LogP contribution in [0.2, 0.25) is 5.02 Å². The molecule has 29 heavy (non-hydrogen) atoms. The highest BCUT2D eigenvalue weighted by molar-refractivity contribution is 6.31. The van der Waals surface area contributed by atoms with Crippen molar-refractivity contribution in [2.24, 2.45) is 15.7 Å². The van der Waals surface area contributed by atoms with Crippen molar-refractivity contribution in [3.63, 3.8) is 0 Å². The molecule has 0 radical (unpaired) electrons. The number of guanidine groups is 2. The highest BCUT2D eigenvalue weighted by atomic mass is 35.5. The van der Waals surface area contributed by atoms with Crippen LogP contribution < -0.4 is 26.4 Å². The van der Waals surface area contributed by atoms with Crippen molar-refractivity contribution in [1.82, 2.24) is 5.32 Å². The van der Waals surface area contributed by atoms with Gasteiger partial charge in [0.1, 0.15) is 11.8 Å². The van der Waals surface area contributed by atoms with Crippen molar-refractivity contribution in [3.8, 4) is 5.75 Å². The van der Waals surface area contributed by atoms with Gasteiger partial charge >= 0.3 is 0 Å². The van der Waals surface area contributed by atoms with Crippen molar-refractivity contribution >= 4 is 46.7 Å². The summed E-state index contributed by atoms with van der Waals surface area (Å²) in [7, 11) is 1.48. The lowest BCUT2D eigenvalue weighted by molar-refractivity contribution is -0.123. The number of ether oxygens (including phenoxy) is 1. The van der Waals surface area contributed by atoms with E-state index in [9.17, 15) is 9.59 Å². The Bertz CT molecular complexity index is 977. The first-order valence-corrected chi connectivity index (χ1v) is 9.00. The molecule has 0 bridgehead atoms. The zero-order valence-corrected chi connectivity index (χ0v) is 16.2. The smallest absolute Gasteiger partial charge is 0.252 e. The van der Waals surface area contributed by atoms with Crippen molar-refractivity contribution in [2.75, 3.05) is 17.7 Å². The van der Waals surface area contributed by atoms with Gasteiger partial charge in [-0.25, -0.2) is 4.99 Å². The van der Waals surface area contributed by atoms with Crippen LogP contribution in [0.5, 0.6) is 5.75 Å². The molecule has 0 saturated heterocycles. The number of amides is 2. The quantitative estimate of drug-likeness (QED) is 0.439. The maximum atomic E-state index is 12.3. The van der Waals surface area contributed by atoms with Gasteiger partial charge in [0.15, 0.2) is 0 Å². The van der Waals surface area contributed by atoms with Gasteiger partial charge in [-0.1, -0.05) is 29.8 Å². The number of nitrogens with zero attached hydrogens (tertiary/aromatic N) is 2. The van der Waals surface area contributed by atoms with Crippen LogP contribution in [0.15, 0.2) is 58.5 Å². The van der Waals surface area contributed by atoms with Gasteiger partial charge in [0.2, 0.25) is 17.8 Å². The van der Waals surface area contributed by atoms with E-state index in [-0.39, 0.29) is 18.3 Å². The molecule has 1 aliphatic rings. The van der Waals surface area contributed by atoms with Gasteiger partial charge in [-0.2, -0.15) is 4.99 Å². The number of nitrogens with one attached hydrogen (secondary N) is 3. The van der Waals surface area contributed by atoms with E-state index in [2.05, 4.69) is 25.9 Å². The fourth-order valence-electron chi connectivity index (χ4n) is 2.59. The number of benzene rings is 2. The number of aliphatic imine (C=N–C) groups is 2. The standard InChI is InChI=1S/C19H19ClN6O3/c1-29-15-8-7-11(20)9-13(15)23-16(27)10-14-17(28)25-19(24-14)26-18(21)22-12-5-3-2-4-6-12/h2-9,14H,10H2,1H3,(H,23,27)(H4,21,22,24,25,26,28)/t14-/m0/s1. The predicted molar refractivity (Wildman–Crippen MR) is 112 cm³/mol. The molecule has 0 saturated carbocycles. The van der Waals surface area contributed by atoms with Crippen LogP contribution in [0.1, 0.15) is 6.42 Å². The third kappa shape index (κ3) is 5.45. The Morgan fingerprint density at radius 1 is 1.28 bits per heavy atom. The zero-order valence-electron chi connectivity index (χ0n) is 15.5. The highest BCUT2D eigenvalue weighted by Crippen LogP contribution is 2.28. The molecule has 5 N–H and O–H groups in total. The number of halogens is 1. The molecule has 150 valence electrons. The van der Waals surface area contributed by atoms with E-state index in [0.29, 0.717) is 16.5 Å². The summed E-state index contributed by atoms with van der Waals surface area (Å²) in [6.07, 6.45) is -0.174. The van der Waals surface area contributed by atoms with Gasteiger partial charge in [0.05, 0.1) is 19.2 Å². The Morgan fingerprint density at radius 3 is 2.76 bits per heavy atom. The second kappa shape index (κ2) is 9.07. The third-order valence-corrected chi connectivity index (χ3v) is 4.14. The van der Waals surface area contributed by atoms with Crippen LogP contribution in [0, 0.1) is 0 Å². The first-order valence-electron chi connectivity index (χ1n) is 8.63. The average Bonchev–Trinajstić information content (AvgIpc) is 3.01. The van der Waals surface area contributed by atoms with Crippen LogP contribution in [-0.4, -0.2) is 36.9 Å². The Kier molecular flexibility index (Phi) is 6.30. The Balaban J connectivity index is 1.63. The molecule has 2 aromatic carbocycles. The van der Waals surface area contributed by atoms with Gasteiger partial charge in [-0.3, -0.25) is 14.9 Å². The molecule has 2 aromatic rings.